The molecule has 18 heavy (non-hydrogen) atoms. The molecule has 1 N–H and O–H groups in total. The SMILES string of the molecule is Cc1cc(Br)c(S(=O)(=O)NOC(C)(C)C)cc1Br. The fourth-order valence-corrected chi connectivity index (χ4v) is 3.69. The molecule has 0 spiro atoms. The third-order valence-corrected chi connectivity index (χ3v) is 4.95. The first-order valence-corrected chi connectivity index (χ1v) is 8.25. The molecule has 0 fully saturated rings. The lowest BCUT2D eigenvalue weighted by molar-refractivity contribution is -0.0357. The van der Waals surface area contributed by atoms with Crippen molar-refractivity contribution >= 4 is 41.9 Å². The molecule has 1 aromatic rings. The summed E-state index contributed by atoms with van der Waals surface area (Å²) in [5.41, 5.74) is 0.346. The molecule has 7 heteroatoms. The molecule has 0 aliphatic carbocycles. The molecule has 1 rings (SSSR count). The van der Waals surface area contributed by atoms with Gasteiger partial charge in [-0.15, -0.1) is 0 Å². The Kier molecular flexibility index (Phi) is 4.99. The third-order valence-electron chi connectivity index (χ3n) is 1.96. The van der Waals surface area contributed by atoms with Gasteiger partial charge in [-0.05, 0) is 61.3 Å². The second-order valence-corrected chi connectivity index (χ2v) is 8.16. The van der Waals surface area contributed by atoms with Crippen molar-refractivity contribution in [3.05, 3.63) is 26.6 Å². The molecule has 102 valence electrons. The van der Waals surface area contributed by atoms with Gasteiger partial charge >= 0.3 is 0 Å². The van der Waals surface area contributed by atoms with E-state index in [9.17, 15) is 8.42 Å². The van der Waals surface area contributed by atoms with E-state index in [1.807, 2.05) is 6.92 Å². The van der Waals surface area contributed by atoms with Crippen LogP contribution >= 0.6 is 31.9 Å². The van der Waals surface area contributed by atoms with Gasteiger partial charge in [-0.3, -0.25) is 4.84 Å². The normalized spacial score (nSPS) is 12.8. The van der Waals surface area contributed by atoms with Crippen molar-refractivity contribution in [2.75, 3.05) is 0 Å². The minimum atomic E-state index is -3.71. The van der Waals surface area contributed by atoms with E-state index in [1.54, 1.807) is 26.8 Å². The van der Waals surface area contributed by atoms with Crippen LogP contribution in [0.2, 0.25) is 0 Å². The van der Waals surface area contributed by atoms with Crippen molar-refractivity contribution in [3.63, 3.8) is 0 Å². The zero-order valence-electron chi connectivity index (χ0n) is 10.5. The van der Waals surface area contributed by atoms with Gasteiger partial charge in [-0.2, -0.15) is 0 Å². The van der Waals surface area contributed by atoms with Crippen LogP contribution in [-0.2, 0) is 14.9 Å². The molecule has 0 aliphatic heterocycles. The van der Waals surface area contributed by atoms with E-state index in [0.717, 1.165) is 10.0 Å². The van der Waals surface area contributed by atoms with Crippen LogP contribution in [0, 0.1) is 6.92 Å². The number of aryl methyl sites for hydroxylation is 1. The predicted molar refractivity (Wildman–Crippen MR) is 77.7 cm³/mol. The lowest BCUT2D eigenvalue weighted by Gasteiger charge is -2.19. The first-order valence-electron chi connectivity index (χ1n) is 5.18. The highest BCUT2D eigenvalue weighted by atomic mass is 79.9. The Balaban J connectivity index is 3.10. The maximum absolute atomic E-state index is 12.1. The Morgan fingerprint density at radius 1 is 1.17 bits per heavy atom. The summed E-state index contributed by atoms with van der Waals surface area (Å²) in [5.74, 6) is 0. The Morgan fingerprint density at radius 2 is 1.72 bits per heavy atom. The maximum atomic E-state index is 12.1. The lowest BCUT2D eigenvalue weighted by atomic mass is 10.2. The minimum absolute atomic E-state index is 0.129. The van der Waals surface area contributed by atoms with Crippen molar-refractivity contribution in [1.82, 2.24) is 4.89 Å². The Morgan fingerprint density at radius 3 is 2.22 bits per heavy atom. The van der Waals surface area contributed by atoms with Crippen molar-refractivity contribution in [1.29, 1.82) is 0 Å². The third kappa shape index (κ3) is 4.31. The van der Waals surface area contributed by atoms with Crippen LogP contribution in [-0.4, -0.2) is 14.0 Å². The molecular weight excluding hydrogens is 386 g/mol. The van der Waals surface area contributed by atoms with Gasteiger partial charge in [0, 0.05) is 8.95 Å². The van der Waals surface area contributed by atoms with Crippen molar-refractivity contribution in [2.45, 2.75) is 38.2 Å². The predicted octanol–water partition coefficient (Wildman–Crippen LogP) is 3.53. The van der Waals surface area contributed by atoms with Crippen LogP contribution < -0.4 is 4.89 Å². The van der Waals surface area contributed by atoms with Crippen molar-refractivity contribution < 1.29 is 13.3 Å². The fourth-order valence-electron chi connectivity index (χ4n) is 1.06. The highest BCUT2D eigenvalue weighted by Crippen LogP contribution is 2.28. The number of rotatable bonds is 3. The number of halogens is 2. The summed E-state index contributed by atoms with van der Waals surface area (Å²) in [4.78, 5) is 7.35. The standard InChI is InChI=1S/C11H15Br2NO3S/c1-7-5-9(13)10(6-8(7)12)18(15,16)14-17-11(2,3)4/h5-6,14H,1-4H3. The summed E-state index contributed by atoms with van der Waals surface area (Å²) in [6.07, 6.45) is 0. The molecule has 1 aromatic carbocycles. The van der Waals surface area contributed by atoms with Crippen LogP contribution in [0.4, 0.5) is 0 Å². The summed E-state index contributed by atoms with van der Waals surface area (Å²) in [6.45, 7) is 7.16. The average Bonchev–Trinajstić information content (AvgIpc) is 2.19. The summed E-state index contributed by atoms with van der Waals surface area (Å²) in [7, 11) is -3.71. The Bertz CT molecular complexity index is 550. The molecule has 0 atom stereocenters. The van der Waals surface area contributed by atoms with E-state index < -0.39 is 15.6 Å². The first-order chi connectivity index (χ1) is 8.03. The second kappa shape index (κ2) is 5.58. The van der Waals surface area contributed by atoms with Gasteiger partial charge in [-0.25, -0.2) is 8.42 Å². The van der Waals surface area contributed by atoms with Gasteiger partial charge in [0.05, 0.1) is 10.5 Å². The molecular formula is C11H15Br2NO3S. The van der Waals surface area contributed by atoms with E-state index >= 15 is 0 Å². The molecule has 0 saturated heterocycles. The van der Waals surface area contributed by atoms with E-state index in [2.05, 4.69) is 36.7 Å². The van der Waals surface area contributed by atoms with Gasteiger partial charge < -0.3 is 0 Å². The van der Waals surface area contributed by atoms with Crippen molar-refractivity contribution in [2.24, 2.45) is 0 Å². The zero-order chi connectivity index (χ0) is 14.1. The van der Waals surface area contributed by atoms with Gasteiger partial charge in [0.25, 0.3) is 10.0 Å². The minimum Gasteiger partial charge on any atom is -0.281 e. The molecule has 0 radical (unpaired) electrons. The fraction of sp³-hybridized carbons (Fsp3) is 0.455. The van der Waals surface area contributed by atoms with Crippen LogP contribution in [0.25, 0.3) is 0 Å². The van der Waals surface area contributed by atoms with Gasteiger partial charge in [-0.1, -0.05) is 20.8 Å². The van der Waals surface area contributed by atoms with E-state index in [1.165, 1.54) is 6.07 Å². The summed E-state index contributed by atoms with van der Waals surface area (Å²) in [6, 6.07) is 3.27. The topological polar surface area (TPSA) is 55.4 Å². The molecule has 0 bridgehead atoms. The molecule has 0 unspecified atom stereocenters. The lowest BCUT2D eigenvalue weighted by Crippen LogP contribution is -2.33. The molecule has 0 saturated carbocycles. The summed E-state index contributed by atoms with van der Waals surface area (Å²) < 4.78 is 25.4. The van der Waals surface area contributed by atoms with E-state index in [0.29, 0.717) is 4.47 Å². The highest BCUT2D eigenvalue weighted by Gasteiger charge is 2.22. The van der Waals surface area contributed by atoms with E-state index in [4.69, 9.17) is 4.84 Å². The largest absolute Gasteiger partial charge is 0.281 e. The molecule has 0 aliphatic rings. The van der Waals surface area contributed by atoms with Crippen LogP contribution in [0.1, 0.15) is 26.3 Å². The summed E-state index contributed by atoms with van der Waals surface area (Å²) >= 11 is 6.55. The first kappa shape index (κ1) is 16.1. The Hall–Kier alpha value is 0.0500. The number of hydrogen-bond acceptors (Lipinski definition) is 3. The smallest absolute Gasteiger partial charge is 0.263 e. The second-order valence-electron chi connectivity index (χ2n) is 4.83. The average molecular weight is 401 g/mol. The summed E-state index contributed by atoms with van der Waals surface area (Å²) in [5, 5.41) is 0. The van der Waals surface area contributed by atoms with Crippen LogP contribution in [0.3, 0.4) is 0 Å². The molecule has 4 nitrogen and oxygen atoms in total. The van der Waals surface area contributed by atoms with Gasteiger partial charge in [0.2, 0.25) is 0 Å². The molecule has 0 amide bonds. The van der Waals surface area contributed by atoms with Crippen molar-refractivity contribution in [3.8, 4) is 0 Å². The number of benzene rings is 1. The number of sulfonamides is 1. The Labute approximate surface area is 124 Å². The zero-order valence-corrected chi connectivity index (χ0v) is 14.5. The maximum Gasteiger partial charge on any atom is 0.263 e. The quantitative estimate of drug-likeness (QED) is 0.789. The monoisotopic (exact) mass is 399 g/mol. The number of nitrogens with one attached hydrogen (secondary N) is 1. The van der Waals surface area contributed by atoms with Gasteiger partial charge in [0.15, 0.2) is 0 Å². The molecule has 0 heterocycles. The van der Waals surface area contributed by atoms with Crippen LogP contribution in [0.5, 0.6) is 0 Å². The van der Waals surface area contributed by atoms with E-state index in [-0.39, 0.29) is 4.90 Å². The molecule has 0 aromatic heterocycles. The number of hydrogen-bond donors (Lipinski definition) is 1. The van der Waals surface area contributed by atoms with Crippen LogP contribution in [0.15, 0.2) is 26.0 Å². The van der Waals surface area contributed by atoms with Gasteiger partial charge in [0.1, 0.15) is 0 Å². The highest BCUT2D eigenvalue weighted by molar-refractivity contribution is 9.11.